The summed E-state index contributed by atoms with van der Waals surface area (Å²) < 4.78 is 1.96. The van der Waals surface area contributed by atoms with E-state index in [1.54, 1.807) is 6.20 Å². The van der Waals surface area contributed by atoms with Crippen LogP contribution in [0.25, 0.3) is 0 Å². The Kier molecular flexibility index (Phi) is 3.84. The van der Waals surface area contributed by atoms with Crippen LogP contribution < -0.4 is 5.32 Å². The molecule has 1 aliphatic rings. The molecule has 3 heterocycles. The molecule has 2 aromatic heterocycles. The SMILES string of the molecule is CN1CCC(n2nccc2NC(=O)c2ccsc2)CC1. The van der Waals surface area contributed by atoms with Crippen LogP contribution in [0.4, 0.5) is 5.82 Å². The number of hydrogen-bond acceptors (Lipinski definition) is 4. The maximum Gasteiger partial charge on any atom is 0.257 e. The third-order valence-corrected chi connectivity index (χ3v) is 4.41. The number of anilines is 1. The topological polar surface area (TPSA) is 50.2 Å². The van der Waals surface area contributed by atoms with Crippen LogP contribution in [-0.4, -0.2) is 40.7 Å². The molecule has 0 spiro atoms. The zero-order valence-corrected chi connectivity index (χ0v) is 12.3. The second-order valence-electron chi connectivity index (χ2n) is 5.16. The van der Waals surface area contributed by atoms with Gasteiger partial charge < -0.3 is 10.2 Å². The largest absolute Gasteiger partial charge is 0.307 e. The number of carbonyl (C=O) groups is 1. The average Bonchev–Trinajstić information content (AvgIpc) is 3.10. The molecule has 0 radical (unpaired) electrons. The van der Waals surface area contributed by atoms with E-state index in [9.17, 15) is 4.79 Å². The van der Waals surface area contributed by atoms with Gasteiger partial charge in [-0.3, -0.25) is 4.79 Å². The van der Waals surface area contributed by atoms with E-state index < -0.39 is 0 Å². The molecule has 0 saturated carbocycles. The smallest absolute Gasteiger partial charge is 0.257 e. The molecule has 3 rings (SSSR count). The Morgan fingerprint density at radius 1 is 1.40 bits per heavy atom. The molecular formula is C14H18N4OS. The number of rotatable bonds is 3. The molecule has 1 fully saturated rings. The lowest BCUT2D eigenvalue weighted by Gasteiger charge is -2.29. The van der Waals surface area contributed by atoms with Crippen molar-refractivity contribution in [1.82, 2.24) is 14.7 Å². The summed E-state index contributed by atoms with van der Waals surface area (Å²) in [5.74, 6) is 0.719. The van der Waals surface area contributed by atoms with E-state index in [0.717, 1.165) is 31.7 Å². The van der Waals surface area contributed by atoms with Gasteiger partial charge >= 0.3 is 0 Å². The number of likely N-dealkylation sites (tertiary alicyclic amines) is 1. The van der Waals surface area contributed by atoms with E-state index in [2.05, 4.69) is 22.4 Å². The van der Waals surface area contributed by atoms with E-state index >= 15 is 0 Å². The Bertz CT molecular complexity index is 570. The number of piperidine rings is 1. The van der Waals surface area contributed by atoms with Crippen LogP contribution in [0.15, 0.2) is 29.1 Å². The van der Waals surface area contributed by atoms with Gasteiger partial charge in [0.15, 0.2) is 0 Å². The molecule has 1 amide bonds. The van der Waals surface area contributed by atoms with Gasteiger partial charge in [-0.05, 0) is 44.4 Å². The van der Waals surface area contributed by atoms with Crippen LogP contribution >= 0.6 is 11.3 Å². The highest BCUT2D eigenvalue weighted by molar-refractivity contribution is 7.08. The third-order valence-electron chi connectivity index (χ3n) is 3.73. The summed E-state index contributed by atoms with van der Waals surface area (Å²) in [6.45, 7) is 2.14. The number of hydrogen-bond donors (Lipinski definition) is 1. The summed E-state index contributed by atoms with van der Waals surface area (Å²) in [6, 6.07) is 4.07. The molecule has 0 atom stereocenters. The van der Waals surface area contributed by atoms with Crippen molar-refractivity contribution < 1.29 is 4.79 Å². The Morgan fingerprint density at radius 3 is 2.90 bits per heavy atom. The Balaban J connectivity index is 1.72. The van der Waals surface area contributed by atoms with E-state index in [-0.39, 0.29) is 5.91 Å². The fourth-order valence-electron chi connectivity index (χ4n) is 2.53. The maximum absolute atomic E-state index is 12.1. The van der Waals surface area contributed by atoms with Crippen molar-refractivity contribution in [2.24, 2.45) is 0 Å². The highest BCUT2D eigenvalue weighted by Crippen LogP contribution is 2.25. The first-order valence-corrected chi connectivity index (χ1v) is 7.74. The van der Waals surface area contributed by atoms with Gasteiger partial charge in [0, 0.05) is 11.4 Å². The molecule has 0 aromatic carbocycles. The van der Waals surface area contributed by atoms with Gasteiger partial charge in [0.1, 0.15) is 5.82 Å². The second-order valence-corrected chi connectivity index (χ2v) is 5.94. The Labute approximate surface area is 122 Å². The van der Waals surface area contributed by atoms with E-state index in [0.29, 0.717) is 11.6 Å². The molecule has 1 N–H and O–H groups in total. The van der Waals surface area contributed by atoms with Crippen LogP contribution in [0.3, 0.4) is 0 Å². The number of carbonyl (C=O) groups excluding carboxylic acids is 1. The fraction of sp³-hybridized carbons (Fsp3) is 0.429. The first kappa shape index (κ1) is 13.3. The summed E-state index contributed by atoms with van der Waals surface area (Å²) in [7, 11) is 2.14. The summed E-state index contributed by atoms with van der Waals surface area (Å²) >= 11 is 1.52. The minimum Gasteiger partial charge on any atom is -0.307 e. The van der Waals surface area contributed by atoms with Gasteiger partial charge in [-0.15, -0.1) is 0 Å². The molecule has 106 valence electrons. The zero-order chi connectivity index (χ0) is 13.9. The highest BCUT2D eigenvalue weighted by Gasteiger charge is 2.21. The molecule has 1 aliphatic heterocycles. The van der Waals surface area contributed by atoms with Crippen molar-refractivity contribution in [3.63, 3.8) is 0 Å². The molecular weight excluding hydrogens is 272 g/mol. The van der Waals surface area contributed by atoms with E-state index in [1.165, 1.54) is 11.3 Å². The van der Waals surface area contributed by atoms with Crippen molar-refractivity contribution in [3.05, 3.63) is 34.7 Å². The lowest BCUT2D eigenvalue weighted by molar-refractivity contribution is 0.102. The molecule has 0 bridgehead atoms. The summed E-state index contributed by atoms with van der Waals surface area (Å²) in [5, 5.41) is 11.1. The Hall–Kier alpha value is -1.66. The van der Waals surface area contributed by atoms with Crippen LogP contribution in [0.1, 0.15) is 29.2 Å². The van der Waals surface area contributed by atoms with Gasteiger partial charge in [0.05, 0.1) is 17.8 Å². The van der Waals surface area contributed by atoms with Crippen LogP contribution in [0.2, 0.25) is 0 Å². The summed E-state index contributed by atoms with van der Waals surface area (Å²) in [5.41, 5.74) is 0.700. The normalized spacial score (nSPS) is 17.2. The molecule has 0 aliphatic carbocycles. The number of nitrogens with one attached hydrogen (secondary N) is 1. The number of amides is 1. The van der Waals surface area contributed by atoms with Gasteiger partial charge in [0.2, 0.25) is 0 Å². The van der Waals surface area contributed by atoms with Crippen molar-refractivity contribution in [3.8, 4) is 0 Å². The van der Waals surface area contributed by atoms with Crippen LogP contribution in [0.5, 0.6) is 0 Å². The van der Waals surface area contributed by atoms with E-state index in [1.807, 2.05) is 27.6 Å². The zero-order valence-electron chi connectivity index (χ0n) is 11.5. The van der Waals surface area contributed by atoms with E-state index in [4.69, 9.17) is 0 Å². The van der Waals surface area contributed by atoms with Crippen LogP contribution in [0, 0.1) is 0 Å². The number of thiophene rings is 1. The molecule has 6 heteroatoms. The molecule has 5 nitrogen and oxygen atoms in total. The van der Waals surface area contributed by atoms with Crippen molar-refractivity contribution >= 4 is 23.1 Å². The van der Waals surface area contributed by atoms with Crippen molar-refractivity contribution in [1.29, 1.82) is 0 Å². The quantitative estimate of drug-likeness (QED) is 0.944. The predicted molar refractivity (Wildman–Crippen MR) is 80.3 cm³/mol. The van der Waals surface area contributed by atoms with Crippen LogP contribution in [-0.2, 0) is 0 Å². The fourth-order valence-corrected chi connectivity index (χ4v) is 3.16. The molecule has 2 aromatic rings. The first-order chi connectivity index (χ1) is 9.74. The standard InChI is InChI=1S/C14H18N4OS/c1-17-7-3-12(4-8-17)18-13(2-6-15-18)16-14(19)11-5-9-20-10-11/h2,5-6,9-10,12H,3-4,7-8H2,1H3,(H,16,19). The molecule has 0 unspecified atom stereocenters. The minimum atomic E-state index is -0.0686. The highest BCUT2D eigenvalue weighted by atomic mass is 32.1. The van der Waals surface area contributed by atoms with Gasteiger partial charge in [-0.1, -0.05) is 0 Å². The van der Waals surface area contributed by atoms with Crippen molar-refractivity contribution in [2.75, 3.05) is 25.5 Å². The maximum atomic E-state index is 12.1. The number of aromatic nitrogens is 2. The monoisotopic (exact) mass is 290 g/mol. The average molecular weight is 290 g/mol. The lowest BCUT2D eigenvalue weighted by atomic mass is 10.1. The number of nitrogens with zero attached hydrogens (tertiary/aromatic N) is 3. The van der Waals surface area contributed by atoms with Crippen molar-refractivity contribution in [2.45, 2.75) is 18.9 Å². The van der Waals surface area contributed by atoms with Gasteiger partial charge in [0.25, 0.3) is 5.91 Å². The Morgan fingerprint density at radius 2 is 2.20 bits per heavy atom. The first-order valence-electron chi connectivity index (χ1n) is 6.79. The third kappa shape index (κ3) is 2.76. The van der Waals surface area contributed by atoms with Gasteiger partial charge in [-0.25, -0.2) is 4.68 Å². The van der Waals surface area contributed by atoms with Gasteiger partial charge in [-0.2, -0.15) is 16.4 Å². The summed E-state index contributed by atoms with van der Waals surface area (Å²) in [6.07, 6.45) is 3.89. The second kappa shape index (κ2) is 5.76. The molecule has 1 saturated heterocycles. The molecule has 20 heavy (non-hydrogen) atoms. The lowest BCUT2D eigenvalue weighted by Crippen LogP contribution is -2.32. The summed E-state index contributed by atoms with van der Waals surface area (Å²) in [4.78, 5) is 14.4. The predicted octanol–water partition coefficient (Wildman–Crippen LogP) is 2.46. The minimum absolute atomic E-state index is 0.0686.